The molecule has 0 aliphatic carbocycles. The number of carbonyl (C=O) groups excluding carboxylic acids is 3. The van der Waals surface area contributed by atoms with Gasteiger partial charge in [-0.25, -0.2) is 9.78 Å². The van der Waals surface area contributed by atoms with Crippen molar-refractivity contribution in [2.24, 2.45) is 0 Å². The number of nitrogens with one attached hydrogen (secondary N) is 1. The van der Waals surface area contributed by atoms with Gasteiger partial charge in [-0.2, -0.15) is 0 Å². The second-order valence-electron chi connectivity index (χ2n) is 7.51. The van der Waals surface area contributed by atoms with Crippen molar-refractivity contribution in [3.05, 3.63) is 94.3 Å². The van der Waals surface area contributed by atoms with E-state index in [0.717, 1.165) is 4.90 Å². The molecule has 0 saturated carbocycles. The standard InChI is InChI=1S/C25H17N3O5/c29-21(13-14-28-23(30)17-5-1-2-6-18(17)24(28)31)26-16-11-9-15(10-12-16)22-27-20-8-4-3-7-19(20)25(32)33-22/h1-12H,13-14H2,(H,26,29). The third-order valence-electron chi connectivity index (χ3n) is 5.39. The average molecular weight is 439 g/mol. The summed E-state index contributed by atoms with van der Waals surface area (Å²) in [6, 6.07) is 20.2. The SMILES string of the molecule is O=C(CCN1C(=O)c2ccccc2C1=O)Nc1ccc(-c2nc3ccccc3c(=O)o2)cc1. The molecule has 0 fully saturated rings. The van der Waals surface area contributed by atoms with Gasteiger partial charge in [0, 0.05) is 24.2 Å². The summed E-state index contributed by atoms with van der Waals surface area (Å²) in [6.07, 6.45) is -0.0334. The van der Waals surface area contributed by atoms with Gasteiger partial charge in [-0.1, -0.05) is 24.3 Å². The molecule has 3 amide bonds. The van der Waals surface area contributed by atoms with E-state index in [1.165, 1.54) is 0 Å². The van der Waals surface area contributed by atoms with Crippen LogP contribution in [0.1, 0.15) is 27.1 Å². The highest BCUT2D eigenvalue weighted by Gasteiger charge is 2.34. The van der Waals surface area contributed by atoms with Crippen LogP contribution in [0.15, 0.2) is 82.0 Å². The van der Waals surface area contributed by atoms with Gasteiger partial charge < -0.3 is 9.73 Å². The van der Waals surface area contributed by atoms with Crippen LogP contribution in [0.25, 0.3) is 22.4 Å². The molecule has 8 nitrogen and oxygen atoms in total. The van der Waals surface area contributed by atoms with Gasteiger partial charge in [0.05, 0.1) is 22.0 Å². The van der Waals surface area contributed by atoms with E-state index in [1.807, 2.05) is 0 Å². The summed E-state index contributed by atoms with van der Waals surface area (Å²) >= 11 is 0. The number of hydrogen-bond acceptors (Lipinski definition) is 6. The van der Waals surface area contributed by atoms with Crippen molar-refractivity contribution in [1.29, 1.82) is 0 Å². The fourth-order valence-electron chi connectivity index (χ4n) is 3.72. The topological polar surface area (TPSA) is 110 Å². The van der Waals surface area contributed by atoms with Crippen molar-refractivity contribution >= 4 is 34.3 Å². The van der Waals surface area contributed by atoms with E-state index in [4.69, 9.17) is 4.42 Å². The fraction of sp³-hybridized carbons (Fsp3) is 0.0800. The molecule has 0 unspecified atom stereocenters. The lowest BCUT2D eigenvalue weighted by Gasteiger charge is -2.13. The Morgan fingerprint density at radius 3 is 2.18 bits per heavy atom. The molecule has 0 bridgehead atoms. The van der Waals surface area contributed by atoms with Gasteiger partial charge in [0.1, 0.15) is 0 Å². The number of fused-ring (bicyclic) bond motifs is 2. The number of hydrogen-bond donors (Lipinski definition) is 1. The molecule has 4 aromatic rings. The normalized spacial score (nSPS) is 12.8. The van der Waals surface area contributed by atoms with Crippen LogP contribution in [0.4, 0.5) is 5.69 Å². The van der Waals surface area contributed by atoms with Gasteiger partial charge in [-0.3, -0.25) is 19.3 Å². The van der Waals surface area contributed by atoms with Gasteiger partial charge in [0.15, 0.2) is 0 Å². The zero-order valence-electron chi connectivity index (χ0n) is 17.3. The van der Waals surface area contributed by atoms with E-state index in [2.05, 4.69) is 10.3 Å². The zero-order valence-corrected chi connectivity index (χ0v) is 17.3. The average Bonchev–Trinajstić information content (AvgIpc) is 3.08. The van der Waals surface area contributed by atoms with Gasteiger partial charge in [0.25, 0.3) is 11.8 Å². The first-order valence-corrected chi connectivity index (χ1v) is 10.3. The van der Waals surface area contributed by atoms with E-state index >= 15 is 0 Å². The van der Waals surface area contributed by atoms with Crippen molar-refractivity contribution in [2.75, 3.05) is 11.9 Å². The molecule has 1 aromatic heterocycles. The molecule has 0 spiro atoms. The summed E-state index contributed by atoms with van der Waals surface area (Å²) < 4.78 is 5.32. The minimum Gasteiger partial charge on any atom is -0.403 e. The van der Waals surface area contributed by atoms with Crippen molar-refractivity contribution in [3.63, 3.8) is 0 Å². The number of imide groups is 1. The minimum atomic E-state index is -0.471. The summed E-state index contributed by atoms with van der Waals surface area (Å²) in [7, 11) is 0. The van der Waals surface area contributed by atoms with Gasteiger partial charge in [0.2, 0.25) is 11.8 Å². The molecule has 8 heteroatoms. The number of amides is 3. The quantitative estimate of drug-likeness (QED) is 0.477. The first kappa shape index (κ1) is 20.3. The Kier molecular flexibility index (Phi) is 5.02. The molecular weight excluding hydrogens is 422 g/mol. The molecule has 1 aliphatic heterocycles. The number of para-hydroxylation sites is 1. The highest BCUT2D eigenvalue weighted by molar-refractivity contribution is 6.21. The molecule has 3 aromatic carbocycles. The maximum atomic E-state index is 12.4. The Morgan fingerprint density at radius 2 is 1.48 bits per heavy atom. The predicted octanol–water partition coefficient (Wildman–Crippen LogP) is 3.48. The third kappa shape index (κ3) is 3.78. The molecule has 0 saturated heterocycles. The Labute approximate surface area is 187 Å². The summed E-state index contributed by atoms with van der Waals surface area (Å²) in [5.41, 5.74) is 1.88. The maximum Gasteiger partial charge on any atom is 0.347 e. The molecule has 0 atom stereocenters. The van der Waals surface area contributed by atoms with Crippen LogP contribution in [-0.2, 0) is 4.79 Å². The highest BCUT2D eigenvalue weighted by Crippen LogP contribution is 2.23. The number of nitrogens with zero attached hydrogens (tertiary/aromatic N) is 2. The molecule has 1 N–H and O–H groups in total. The smallest absolute Gasteiger partial charge is 0.347 e. The van der Waals surface area contributed by atoms with Gasteiger partial charge in [-0.05, 0) is 48.5 Å². The Bertz CT molecular complexity index is 1440. The first-order valence-electron chi connectivity index (χ1n) is 10.3. The Morgan fingerprint density at radius 1 is 0.848 bits per heavy atom. The Hall–Kier alpha value is -4.59. The van der Waals surface area contributed by atoms with Crippen molar-refractivity contribution in [3.8, 4) is 11.5 Å². The number of benzene rings is 3. The number of anilines is 1. The van der Waals surface area contributed by atoms with Crippen LogP contribution in [0.2, 0.25) is 0 Å². The van der Waals surface area contributed by atoms with E-state index in [1.54, 1.807) is 72.8 Å². The molecule has 1 aliphatic rings. The molecule has 162 valence electrons. The molecule has 2 heterocycles. The number of carbonyl (C=O) groups is 3. The second kappa shape index (κ2) is 8.16. The van der Waals surface area contributed by atoms with Crippen molar-refractivity contribution < 1.29 is 18.8 Å². The van der Waals surface area contributed by atoms with E-state index in [9.17, 15) is 19.2 Å². The second-order valence-corrected chi connectivity index (χ2v) is 7.51. The molecular formula is C25H17N3O5. The van der Waals surface area contributed by atoms with Crippen LogP contribution in [0.5, 0.6) is 0 Å². The highest BCUT2D eigenvalue weighted by atomic mass is 16.4. The number of aromatic nitrogens is 1. The van der Waals surface area contributed by atoms with Crippen LogP contribution < -0.4 is 10.9 Å². The molecule has 33 heavy (non-hydrogen) atoms. The largest absolute Gasteiger partial charge is 0.403 e. The third-order valence-corrected chi connectivity index (χ3v) is 5.39. The first-order chi connectivity index (χ1) is 16.0. The summed E-state index contributed by atoms with van der Waals surface area (Å²) in [4.78, 5) is 54.8. The van der Waals surface area contributed by atoms with E-state index in [0.29, 0.717) is 33.3 Å². The molecule has 0 radical (unpaired) electrons. The summed E-state index contributed by atoms with van der Waals surface area (Å²) in [6.45, 7) is -0.0115. The zero-order chi connectivity index (χ0) is 22.9. The lowest BCUT2D eigenvalue weighted by molar-refractivity contribution is -0.116. The molecule has 5 rings (SSSR count). The van der Waals surface area contributed by atoms with Crippen LogP contribution in [0.3, 0.4) is 0 Å². The fourth-order valence-corrected chi connectivity index (χ4v) is 3.72. The van der Waals surface area contributed by atoms with E-state index in [-0.39, 0.29) is 24.8 Å². The number of rotatable bonds is 5. The Balaban J connectivity index is 1.24. The van der Waals surface area contributed by atoms with Crippen molar-refractivity contribution in [1.82, 2.24) is 9.88 Å². The van der Waals surface area contributed by atoms with Gasteiger partial charge in [-0.15, -0.1) is 0 Å². The lowest BCUT2D eigenvalue weighted by Crippen LogP contribution is -2.32. The summed E-state index contributed by atoms with van der Waals surface area (Å²) in [5, 5.41) is 3.14. The van der Waals surface area contributed by atoms with Gasteiger partial charge >= 0.3 is 5.63 Å². The minimum absolute atomic E-state index is 0.0115. The predicted molar refractivity (Wildman–Crippen MR) is 121 cm³/mol. The van der Waals surface area contributed by atoms with E-state index < -0.39 is 17.4 Å². The monoisotopic (exact) mass is 439 g/mol. The van der Waals surface area contributed by atoms with Crippen LogP contribution in [0, 0.1) is 0 Å². The maximum absolute atomic E-state index is 12.4. The van der Waals surface area contributed by atoms with Crippen LogP contribution >= 0.6 is 0 Å². The van der Waals surface area contributed by atoms with Crippen molar-refractivity contribution in [2.45, 2.75) is 6.42 Å². The van der Waals surface area contributed by atoms with Crippen LogP contribution in [-0.4, -0.2) is 34.2 Å². The summed E-state index contributed by atoms with van der Waals surface area (Å²) in [5.74, 6) is -0.939. The lowest BCUT2D eigenvalue weighted by atomic mass is 10.1.